The minimum atomic E-state index is -0.806. The second kappa shape index (κ2) is 5.91. The number of fused-ring (bicyclic) bond motifs is 2. The number of benzene rings is 1. The van der Waals surface area contributed by atoms with Gasteiger partial charge in [-0.2, -0.15) is 0 Å². The number of rotatable bonds is 4. The largest absolute Gasteiger partial charge is 0.384 e. The van der Waals surface area contributed by atoms with Crippen LogP contribution in [0, 0.1) is 0 Å². The molecule has 4 rings (SSSR count). The van der Waals surface area contributed by atoms with E-state index in [-0.39, 0.29) is 0 Å². The van der Waals surface area contributed by atoms with Gasteiger partial charge in [-0.05, 0) is 30.4 Å². The van der Waals surface area contributed by atoms with Gasteiger partial charge < -0.3 is 10.4 Å². The minimum absolute atomic E-state index is 0.512. The van der Waals surface area contributed by atoms with Gasteiger partial charge in [-0.3, -0.25) is 4.40 Å². The maximum atomic E-state index is 11.1. The third-order valence-electron chi connectivity index (χ3n) is 4.58. The van der Waals surface area contributed by atoms with Crippen molar-refractivity contribution >= 4 is 27.9 Å². The average Bonchev–Trinajstić information content (AvgIpc) is 3.10. The van der Waals surface area contributed by atoms with E-state index in [9.17, 15) is 5.11 Å². The summed E-state index contributed by atoms with van der Waals surface area (Å²) < 4.78 is 2.00. The van der Waals surface area contributed by atoms with Crippen molar-refractivity contribution in [3.63, 3.8) is 0 Å². The van der Waals surface area contributed by atoms with Crippen LogP contribution in [-0.2, 0) is 18.6 Å². The van der Waals surface area contributed by atoms with E-state index in [0.717, 1.165) is 35.5 Å². The van der Waals surface area contributed by atoms with Crippen molar-refractivity contribution in [1.82, 2.24) is 14.7 Å². The van der Waals surface area contributed by atoms with Gasteiger partial charge in [0.1, 0.15) is 5.60 Å². The van der Waals surface area contributed by atoms with Gasteiger partial charge in [-0.15, -0.1) is 11.3 Å². The Bertz CT molecular complexity index is 843. The summed E-state index contributed by atoms with van der Waals surface area (Å²) >= 11 is 7.78. The Morgan fingerprint density at radius 3 is 3.17 bits per heavy atom. The first-order valence-corrected chi connectivity index (χ1v) is 9.04. The second-order valence-electron chi connectivity index (χ2n) is 6.05. The molecule has 1 aromatic carbocycles. The van der Waals surface area contributed by atoms with Gasteiger partial charge in [0.05, 0.1) is 5.69 Å². The highest BCUT2D eigenvalue weighted by Gasteiger charge is 2.33. The normalized spacial score (nSPS) is 20.8. The maximum Gasteiger partial charge on any atom is 0.195 e. The molecule has 23 heavy (non-hydrogen) atoms. The predicted octanol–water partition coefficient (Wildman–Crippen LogP) is 3.36. The van der Waals surface area contributed by atoms with E-state index in [2.05, 4.69) is 16.4 Å². The smallest absolute Gasteiger partial charge is 0.195 e. The molecule has 0 bridgehead atoms. The average molecular weight is 348 g/mol. The number of nitrogens with zero attached hydrogens (tertiary/aromatic N) is 2. The van der Waals surface area contributed by atoms with Crippen molar-refractivity contribution in [2.24, 2.45) is 0 Å². The van der Waals surface area contributed by atoms with Crippen LogP contribution >= 0.6 is 22.9 Å². The highest BCUT2D eigenvalue weighted by Crippen LogP contribution is 2.34. The molecule has 1 aliphatic rings. The molecule has 2 aromatic heterocycles. The molecule has 1 aliphatic carbocycles. The number of hydrogen-bond donors (Lipinski definition) is 2. The molecule has 2 N–H and O–H groups in total. The van der Waals surface area contributed by atoms with Crippen LogP contribution in [0.2, 0.25) is 5.15 Å². The molecule has 0 amide bonds. The lowest BCUT2D eigenvalue weighted by atomic mass is 9.79. The summed E-state index contributed by atoms with van der Waals surface area (Å²) in [5.41, 5.74) is 2.44. The Hall–Kier alpha value is -1.40. The number of hydrogen-bond acceptors (Lipinski definition) is 4. The van der Waals surface area contributed by atoms with Crippen LogP contribution in [0.3, 0.4) is 0 Å². The van der Waals surface area contributed by atoms with Gasteiger partial charge in [-0.25, -0.2) is 4.98 Å². The van der Waals surface area contributed by atoms with Gasteiger partial charge in [0, 0.05) is 24.7 Å². The van der Waals surface area contributed by atoms with E-state index in [4.69, 9.17) is 11.6 Å². The lowest BCUT2D eigenvalue weighted by Gasteiger charge is -2.34. The monoisotopic (exact) mass is 347 g/mol. The second-order valence-corrected chi connectivity index (χ2v) is 7.28. The van der Waals surface area contributed by atoms with Crippen molar-refractivity contribution < 1.29 is 5.11 Å². The van der Waals surface area contributed by atoms with Gasteiger partial charge in [0.25, 0.3) is 0 Å². The summed E-state index contributed by atoms with van der Waals surface area (Å²) in [5.74, 6) is 0. The predicted molar refractivity (Wildman–Crippen MR) is 93.1 cm³/mol. The fourth-order valence-electron chi connectivity index (χ4n) is 3.43. The van der Waals surface area contributed by atoms with Gasteiger partial charge in [0.2, 0.25) is 0 Å². The minimum Gasteiger partial charge on any atom is -0.384 e. The van der Waals surface area contributed by atoms with Crippen molar-refractivity contribution in [2.45, 2.75) is 31.4 Å². The third-order valence-corrected chi connectivity index (χ3v) is 5.64. The Morgan fingerprint density at radius 1 is 1.39 bits per heavy atom. The molecule has 2 heterocycles. The first-order valence-electron chi connectivity index (χ1n) is 7.79. The summed E-state index contributed by atoms with van der Waals surface area (Å²) in [7, 11) is 0. The number of aromatic nitrogens is 2. The van der Waals surface area contributed by atoms with E-state index in [0.29, 0.717) is 18.2 Å². The summed E-state index contributed by atoms with van der Waals surface area (Å²) in [4.78, 5) is 5.23. The number of halogens is 1. The molecule has 0 spiro atoms. The molecule has 0 saturated heterocycles. The quantitative estimate of drug-likeness (QED) is 0.760. The van der Waals surface area contributed by atoms with E-state index in [1.165, 1.54) is 5.56 Å². The third kappa shape index (κ3) is 2.68. The number of aliphatic hydroxyl groups is 1. The van der Waals surface area contributed by atoms with E-state index in [1.54, 1.807) is 11.3 Å². The lowest BCUT2D eigenvalue weighted by Crippen LogP contribution is -2.40. The van der Waals surface area contributed by atoms with Crippen molar-refractivity contribution in [3.05, 3.63) is 57.8 Å². The zero-order valence-electron chi connectivity index (χ0n) is 12.6. The van der Waals surface area contributed by atoms with Gasteiger partial charge in [-0.1, -0.05) is 35.9 Å². The summed E-state index contributed by atoms with van der Waals surface area (Å²) in [6.07, 6.45) is 4.81. The first kappa shape index (κ1) is 15.1. The number of imidazole rings is 1. The zero-order valence-corrected chi connectivity index (χ0v) is 14.2. The van der Waals surface area contributed by atoms with Crippen LogP contribution in [0.1, 0.15) is 29.7 Å². The molecule has 0 saturated carbocycles. The van der Waals surface area contributed by atoms with Crippen LogP contribution in [0.4, 0.5) is 0 Å². The SMILES string of the molecule is OC1(CNCc2c(Cl)nc3sccn23)CCCc2ccccc21. The number of aryl methyl sites for hydroxylation is 1. The van der Waals surface area contributed by atoms with Gasteiger partial charge >= 0.3 is 0 Å². The molecule has 0 fully saturated rings. The van der Waals surface area contributed by atoms with Crippen LogP contribution in [-0.4, -0.2) is 21.0 Å². The maximum absolute atomic E-state index is 11.1. The Kier molecular flexibility index (Phi) is 3.89. The molecular formula is C17H18ClN3OS. The summed E-state index contributed by atoms with van der Waals surface area (Å²) in [6, 6.07) is 8.19. The summed E-state index contributed by atoms with van der Waals surface area (Å²) in [6.45, 7) is 1.10. The van der Waals surface area contributed by atoms with E-state index in [1.807, 2.05) is 34.2 Å². The molecule has 0 aliphatic heterocycles. The Balaban J connectivity index is 1.51. The molecule has 1 atom stereocenters. The van der Waals surface area contributed by atoms with Crippen LogP contribution in [0.25, 0.3) is 4.96 Å². The Morgan fingerprint density at radius 2 is 2.26 bits per heavy atom. The van der Waals surface area contributed by atoms with Crippen molar-refractivity contribution in [3.8, 4) is 0 Å². The molecule has 6 heteroatoms. The van der Waals surface area contributed by atoms with E-state index < -0.39 is 5.60 Å². The van der Waals surface area contributed by atoms with Crippen LogP contribution < -0.4 is 5.32 Å². The van der Waals surface area contributed by atoms with Gasteiger partial charge in [0.15, 0.2) is 10.1 Å². The highest BCUT2D eigenvalue weighted by molar-refractivity contribution is 7.15. The number of nitrogens with one attached hydrogen (secondary N) is 1. The zero-order chi connectivity index (χ0) is 15.9. The molecular weight excluding hydrogens is 330 g/mol. The van der Waals surface area contributed by atoms with Crippen LogP contribution in [0.5, 0.6) is 0 Å². The standard InChI is InChI=1S/C17H18ClN3OS/c18-15-14(21-8-9-23-16(21)20-15)10-19-11-17(22)7-3-5-12-4-1-2-6-13(12)17/h1-2,4,6,8-9,19,22H,3,5,7,10-11H2. The molecule has 1 unspecified atom stereocenters. The van der Waals surface area contributed by atoms with Crippen molar-refractivity contribution in [1.29, 1.82) is 0 Å². The van der Waals surface area contributed by atoms with E-state index >= 15 is 0 Å². The lowest BCUT2D eigenvalue weighted by molar-refractivity contribution is 0.0189. The molecule has 120 valence electrons. The van der Waals surface area contributed by atoms with Crippen LogP contribution in [0.15, 0.2) is 35.8 Å². The first-order chi connectivity index (χ1) is 11.2. The molecule has 3 aromatic rings. The molecule has 0 radical (unpaired) electrons. The fourth-order valence-corrected chi connectivity index (χ4v) is 4.45. The Labute approximate surface area is 143 Å². The fraction of sp³-hybridized carbons (Fsp3) is 0.353. The summed E-state index contributed by atoms with van der Waals surface area (Å²) in [5, 5.41) is 17.0. The highest BCUT2D eigenvalue weighted by atomic mass is 35.5. The topological polar surface area (TPSA) is 49.6 Å². The molecule has 4 nitrogen and oxygen atoms in total. The van der Waals surface area contributed by atoms with Crippen molar-refractivity contribution in [2.75, 3.05) is 6.54 Å². The number of thiazole rings is 1.